The van der Waals surface area contributed by atoms with E-state index in [2.05, 4.69) is 10.2 Å². The van der Waals surface area contributed by atoms with Crippen molar-refractivity contribution in [2.75, 3.05) is 13.1 Å². The number of aromatic nitrogens is 4. The lowest BCUT2D eigenvalue weighted by atomic mass is 10.1. The largest absolute Gasteiger partial charge is 0.392 e. The second-order valence-corrected chi connectivity index (χ2v) is 7.95. The quantitative estimate of drug-likeness (QED) is 0.484. The molecule has 2 aromatic heterocycles. The summed E-state index contributed by atoms with van der Waals surface area (Å²) in [4.78, 5) is 14.0. The number of fused-ring (bicyclic) bond motifs is 1. The van der Waals surface area contributed by atoms with E-state index in [0.29, 0.717) is 47.0 Å². The lowest BCUT2D eigenvalue weighted by Crippen LogP contribution is -2.33. The number of carbonyl (C=O) groups excluding carboxylic acids is 1. The normalized spacial score (nSPS) is 17.8. The van der Waals surface area contributed by atoms with Gasteiger partial charge in [-0.3, -0.25) is 9.69 Å². The molecule has 1 aliphatic heterocycles. The maximum atomic E-state index is 12.1. The molecule has 1 saturated heterocycles. The van der Waals surface area contributed by atoms with E-state index in [-0.39, 0.29) is 0 Å². The molecule has 1 aliphatic rings. The molecule has 0 aliphatic carbocycles. The van der Waals surface area contributed by atoms with E-state index in [4.69, 9.17) is 16.7 Å². The van der Waals surface area contributed by atoms with Crippen LogP contribution in [0.3, 0.4) is 0 Å². The van der Waals surface area contributed by atoms with Crippen LogP contribution in [0.4, 0.5) is 0 Å². The standard InChI is InChI=1S/C23H20ClN5O2/c24-20-19-21(15-7-3-1-4-8-15)27-29(18(14-30)28-12-11-17(31)13-28)23(19)26-25-22(20)16-9-5-2-6-10-16/h1-10,14,17-18,31H,11-13H2. The van der Waals surface area contributed by atoms with Gasteiger partial charge >= 0.3 is 0 Å². The van der Waals surface area contributed by atoms with Crippen LogP contribution < -0.4 is 0 Å². The van der Waals surface area contributed by atoms with E-state index in [1.807, 2.05) is 65.6 Å². The molecule has 0 bridgehead atoms. The molecule has 1 fully saturated rings. The van der Waals surface area contributed by atoms with Gasteiger partial charge in [0, 0.05) is 24.2 Å². The van der Waals surface area contributed by atoms with Crippen molar-refractivity contribution >= 4 is 28.9 Å². The summed E-state index contributed by atoms with van der Waals surface area (Å²) in [7, 11) is 0. The molecule has 3 heterocycles. The number of hydrogen-bond donors (Lipinski definition) is 1. The molecule has 0 spiro atoms. The zero-order chi connectivity index (χ0) is 21.4. The lowest BCUT2D eigenvalue weighted by Gasteiger charge is -2.22. The molecule has 7 nitrogen and oxygen atoms in total. The second kappa shape index (κ2) is 8.19. The summed E-state index contributed by atoms with van der Waals surface area (Å²) in [6.07, 6.45) is 0.266. The maximum absolute atomic E-state index is 12.1. The van der Waals surface area contributed by atoms with E-state index in [0.717, 1.165) is 17.4 Å². The van der Waals surface area contributed by atoms with Crippen LogP contribution in [0.15, 0.2) is 60.7 Å². The Bertz CT molecular complexity index is 1230. The summed E-state index contributed by atoms with van der Waals surface area (Å²) >= 11 is 6.88. The van der Waals surface area contributed by atoms with Gasteiger partial charge in [-0.1, -0.05) is 72.3 Å². The lowest BCUT2D eigenvalue weighted by molar-refractivity contribution is -0.115. The highest BCUT2D eigenvalue weighted by molar-refractivity contribution is 6.38. The number of nitrogens with zero attached hydrogens (tertiary/aromatic N) is 5. The zero-order valence-electron chi connectivity index (χ0n) is 16.6. The van der Waals surface area contributed by atoms with E-state index >= 15 is 0 Å². The number of hydrogen-bond acceptors (Lipinski definition) is 6. The molecule has 4 aromatic rings. The topological polar surface area (TPSA) is 84.1 Å². The number of β-amino-alcohol motifs (C(OH)–C–C–N with tert-alkyl or cyclic N) is 1. The molecule has 0 amide bonds. The molecule has 0 radical (unpaired) electrons. The number of aliphatic hydroxyl groups excluding tert-OH is 1. The van der Waals surface area contributed by atoms with Crippen LogP contribution in [0.25, 0.3) is 33.5 Å². The Morgan fingerprint density at radius 3 is 2.23 bits per heavy atom. The second-order valence-electron chi connectivity index (χ2n) is 7.57. The molecule has 2 aromatic carbocycles. The fourth-order valence-corrected chi connectivity index (χ4v) is 4.37. The molecule has 2 atom stereocenters. The van der Waals surface area contributed by atoms with Gasteiger partial charge in [-0.15, -0.1) is 10.2 Å². The average Bonchev–Trinajstić information content (AvgIpc) is 3.41. The van der Waals surface area contributed by atoms with Crippen molar-refractivity contribution in [3.63, 3.8) is 0 Å². The summed E-state index contributed by atoms with van der Waals surface area (Å²) in [6, 6.07) is 19.3. The SMILES string of the molecule is O=CC(N1CCC(O)C1)n1nc(-c2ccccc2)c2c(Cl)c(-c3ccccc3)nnc21. The molecule has 0 saturated carbocycles. The summed E-state index contributed by atoms with van der Waals surface area (Å²) in [5.74, 6) is 0. The molecule has 2 unspecified atom stereocenters. The number of aliphatic hydroxyl groups is 1. The van der Waals surface area contributed by atoms with Crippen molar-refractivity contribution in [1.82, 2.24) is 24.9 Å². The van der Waals surface area contributed by atoms with E-state index in [9.17, 15) is 9.90 Å². The van der Waals surface area contributed by atoms with Crippen molar-refractivity contribution in [3.05, 3.63) is 65.7 Å². The van der Waals surface area contributed by atoms with Gasteiger partial charge < -0.3 is 5.11 Å². The monoisotopic (exact) mass is 433 g/mol. The Labute approximate surface area is 183 Å². The van der Waals surface area contributed by atoms with Crippen molar-refractivity contribution in [3.8, 4) is 22.5 Å². The van der Waals surface area contributed by atoms with Crippen molar-refractivity contribution in [1.29, 1.82) is 0 Å². The predicted molar refractivity (Wildman–Crippen MR) is 119 cm³/mol. The van der Waals surface area contributed by atoms with Crippen LogP contribution in [0, 0.1) is 0 Å². The number of aldehydes is 1. The van der Waals surface area contributed by atoms with Crippen LogP contribution in [0.5, 0.6) is 0 Å². The molecule has 1 N–H and O–H groups in total. The molecule has 31 heavy (non-hydrogen) atoms. The number of likely N-dealkylation sites (tertiary alicyclic amines) is 1. The third-order valence-corrected chi connectivity index (χ3v) is 5.96. The van der Waals surface area contributed by atoms with Crippen molar-refractivity contribution in [2.24, 2.45) is 0 Å². The Balaban J connectivity index is 1.74. The first-order valence-electron chi connectivity index (χ1n) is 10.1. The molecule has 8 heteroatoms. The number of halogens is 1. The van der Waals surface area contributed by atoms with Gasteiger partial charge in [-0.05, 0) is 6.42 Å². The van der Waals surface area contributed by atoms with Crippen molar-refractivity contribution < 1.29 is 9.90 Å². The van der Waals surface area contributed by atoms with Crippen LogP contribution in [0.2, 0.25) is 5.02 Å². The van der Waals surface area contributed by atoms with Gasteiger partial charge in [-0.2, -0.15) is 5.10 Å². The minimum absolute atomic E-state index is 0.398. The third-order valence-electron chi connectivity index (χ3n) is 5.59. The van der Waals surface area contributed by atoms with E-state index in [1.54, 1.807) is 4.68 Å². The smallest absolute Gasteiger partial charge is 0.184 e. The number of carbonyl (C=O) groups is 1. The van der Waals surface area contributed by atoms with Crippen LogP contribution >= 0.6 is 11.6 Å². The van der Waals surface area contributed by atoms with E-state index in [1.165, 1.54) is 0 Å². The first-order chi connectivity index (χ1) is 15.2. The minimum Gasteiger partial charge on any atom is -0.392 e. The molecular formula is C23H20ClN5O2. The predicted octanol–water partition coefficient (Wildman–Crippen LogP) is 3.58. The average molecular weight is 434 g/mol. The number of rotatable bonds is 5. The summed E-state index contributed by atoms with van der Waals surface area (Å²) in [5.41, 5.74) is 3.35. The first kappa shape index (κ1) is 19.8. The highest BCUT2D eigenvalue weighted by atomic mass is 35.5. The van der Waals surface area contributed by atoms with Crippen LogP contribution in [0.1, 0.15) is 12.6 Å². The third kappa shape index (κ3) is 3.50. The number of benzene rings is 2. The minimum atomic E-state index is -0.704. The van der Waals surface area contributed by atoms with Gasteiger partial charge in [0.25, 0.3) is 0 Å². The Morgan fingerprint density at radius 1 is 1.00 bits per heavy atom. The fourth-order valence-electron chi connectivity index (χ4n) is 4.05. The van der Waals surface area contributed by atoms with Crippen LogP contribution in [-0.2, 0) is 4.79 Å². The Morgan fingerprint density at radius 2 is 1.65 bits per heavy atom. The maximum Gasteiger partial charge on any atom is 0.184 e. The van der Waals surface area contributed by atoms with Gasteiger partial charge in [0.05, 0.1) is 16.5 Å². The fraction of sp³-hybridized carbons (Fsp3) is 0.217. The Hall–Kier alpha value is -3.13. The van der Waals surface area contributed by atoms with Gasteiger partial charge in [-0.25, -0.2) is 4.68 Å². The zero-order valence-corrected chi connectivity index (χ0v) is 17.4. The highest BCUT2D eigenvalue weighted by Crippen LogP contribution is 2.38. The van der Waals surface area contributed by atoms with Gasteiger partial charge in [0.1, 0.15) is 11.4 Å². The van der Waals surface area contributed by atoms with E-state index < -0.39 is 12.3 Å². The summed E-state index contributed by atoms with van der Waals surface area (Å²) in [6.45, 7) is 0.991. The van der Waals surface area contributed by atoms with Crippen molar-refractivity contribution in [2.45, 2.75) is 18.7 Å². The molecular weight excluding hydrogens is 414 g/mol. The first-order valence-corrected chi connectivity index (χ1v) is 10.5. The van der Waals surface area contributed by atoms with Crippen LogP contribution in [-0.4, -0.2) is 55.5 Å². The molecule has 5 rings (SSSR count). The van der Waals surface area contributed by atoms with Gasteiger partial charge in [0.15, 0.2) is 18.1 Å². The summed E-state index contributed by atoms with van der Waals surface area (Å²) in [5, 5.41) is 24.6. The molecule has 156 valence electrons. The highest BCUT2D eigenvalue weighted by Gasteiger charge is 2.31. The summed E-state index contributed by atoms with van der Waals surface area (Å²) < 4.78 is 1.57. The van der Waals surface area contributed by atoms with Gasteiger partial charge in [0.2, 0.25) is 0 Å². The Kier molecular flexibility index (Phi) is 5.23.